The van der Waals surface area contributed by atoms with E-state index in [9.17, 15) is 14.0 Å². The number of benzene rings is 1. The second-order valence-electron chi connectivity index (χ2n) is 6.32. The van der Waals surface area contributed by atoms with Crippen molar-refractivity contribution in [2.45, 2.75) is 26.3 Å². The summed E-state index contributed by atoms with van der Waals surface area (Å²) in [4.78, 5) is 27.7. The van der Waals surface area contributed by atoms with Crippen molar-refractivity contribution >= 4 is 23.2 Å². The fraction of sp³-hybridized carbons (Fsp3) is 0.368. The molecule has 2 aromatic rings. The summed E-state index contributed by atoms with van der Waals surface area (Å²) in [5, 5.41) is 5.03. The average Bonchev–Trinajstić information content (AvgIpc) is 3.05. The average molecular weight is 360 g/mol. The van der Waals surface area contributed by atoms with Crippen molar-refractivity contribution in [2.75, 3.05) is 13.1 Å². The standard InChI is InChI=1S/C19H21FN2O2S/c1-13-8-11-25-17(13)12-21-18(23)14-6-9-22(10-7-14)19(24)15-2-4-16(20)5-3-15/h2-5,8,11,14H,6-7,9-10,12H2,1H3,(H,21,23). The molecule has 2 heterocycles. The van der Waals surface area contributed by atoms with E-state index in [1.807, 2.05) is 18.4 Å². The Bertz CT molecular complexity index is 749. The van der Waals surface area contributed by atoms with Gasteiger partial charge in [0.25, 0.3) is 5.91 Å². The van der Waals surface area contributed by atoms with Gasteiger partial charge in [0, 0.05) is 29.4 Å². The zero-order chi connectivity index (χ0) is 17.8. The lowest BCUT2D eigenvalue weighted by Gasteiger charge is -2.31. The summed E-state index contributed by atoms with van der Waals surface area (Å²) in [6.45, 7) is 3.70. The lowest BCUT2D eigenvalue weighted by molar-refractivity contribution is -0.126. The summed E-state index contributed by atoms with van der Waals surface area (Å²) in [5.74, 6) is -0.458. The van der Waals surface area contributed by atoms with Gasteiger partial charge >= 0.3 is 0 Å². The number of carbonyl (C=O) groups is 2. The minimum absolute atomic E-state index is 0.0571. The molecular formula is C19H21FN2O2S. The molecule has 1 aromatic heterocycles. The maximum absolute atomic E-state index is 13.0. The molecule has 4 nitrogen and oxygen atoms in total. The number of thiophene rings is 1. The van der Waals surface area contributed by atoms with Crippen molar-refractivity contribution in [2.24, 2.45) is 5.92 Å². The SMILES string of the molecule is Cc1ccsc1CNC(=O)C1CCN(C(=O)c2ccc(F)cc2)CC1. The maximum Gasteiger partial charge on any atom is 0.253 e. The molecule has 132 valence electrons. The highest BCUT2D eigenvalue weighted by molar-refractivity contribution is 7.10. The number of amides is 2. The van der Waals surface area contributed by atoms with E-state index in [4.69, 9.17) is 0 Å². The Balaban J connectivity index is 1.49. The Kier molecular flexibility index (Phi) is 5.48. The third-order valence-electron chi connectivity index (χ3n) is 4.64. The van der Waals surface area contributed by atoms with Crippen molar-refractivity contribution in [1.29, 1.82) is 0 Å². The van der Waals surface area contributed by atoms with E-state index in [-0.39, 0.29) is 23.5 Å². The number of carbonyl (C=O) groups excluding carboxylic acids is 2. The van der Waals surface area contributed by atoms with Gasteiger partial charge in [-0.15, -0.1) is 11.3 Å². The first-order valence-corrected chi connectivity index (χ1v) is 9.28. The van der Waals surface area contributed by atoms with Crippen molar-refractivity contribution in [1.82, 2.24) is 10.2 Å². The highest BCUT2D eigenvalue weighted by atomic mass is 32.1. The fourth-order valence-electron chi connectivity index (χ4n) is 3.02. The van der Waals surface area contributed by atoms with E-state index in [0.29, 0.717) is 38.0 Å². The summed E-state index contributed by atoms with van der Waals surface area (Å²) < 4.78 is 13.0. The number of piperidine rings is 1. The largest absolute Gasteiger partial charge is 0.351 e. The van der Waals surface area contributed by atoms with Gasteiger partial charge in [-0.05, 0) is 61.0 Å². The summed E-state index contributed by atoms with van der Waals surface area (Å²) in [7, 11) is 0. The van der Waals surface area contributed by atoms with Gasteiger partial charge in [0.2, 0.25) is 5.91 Å². The number of hydrogen-bond donors (Lipinski definition) is 1. The third kappa shape index (κ3) is 4.25. The fourth-order valence-corrected chi connectivity index (χ4v) is 3.86. The number of likely N-dealkylation sites (tertiary alicyclic amines) is 1. The number of rotatable bonds is 4. The van der Waals surface area contributed by atoms with Gasteiger partial charge in [0.05, 0.1) is 6.54 Å². The van der Waals surface area contributed by atoms with Crippen LogP contribution >= 0.6 is 11.3 Å². The summed E-state index contributed by atoms with van der Waals surface area (Å²) in [6, 6.07) is 7.63. The van der Waals surface area contributed by atoms with E-state index >= 15 is 0 Å². The number of hydrogen-bond acceptors (Lipinski definition) is 3. The van der Waals surface area contributed by atoms with Crippen LogP contribution in [-0.2, 0) is 11.3 Å². The topological polar surface area (TPSA) is 49.4 Å². The molecule has 3 rings (SSSR count). The van der Waals surface area contributed by atoms with E-state index < -0.39 is 0 Å². The van der Waals surface area contributed by atoms with Crippen molar-refractivity contribution in [3.05, 3.63) is 57.5 Å². The number of nitrogens with one attached hydrogen (secondary N) is 1. The predicted molar refractivity (Wildman–Crippen MR) is 95.9 cm³/mol. The molecule has 25 heavy (non-hydrogen) atoms. The van der Waals surface area contributed by atoms with Crippen LogP contribution in [0.15, 0.2) is 35.7 Å². The molecule has 1 N–H and O–H groups in total. The maximum atomic E-state index is 13.0. The molecule has 0 unspecified atom stereocenters. The molecule has 1 aliphatic heterocycles. The summed E-state index contributed by atoms with van der Waals surface area (Å²) in [5.41, 5.74) is 1.68. The van der Waals surface area contributed by atoms with Gasteiger partial charge in [-0.2, -0.15) is 0 Å². The van der Waals surface area contributed by atoms with Crippen molar-refractivity contribution in [3.8, 4) is 0 Å². The summed E-state index contributed by atoms with van der Waals surface area (Å²) >= 11 is 1.65. The molecule has 2 amide bonds. The molecule has 1 saturated heterocycles. The third-order valence-corrected chi connectivity index (χ3v) is 5.66. The first-order chi connectivity index (χ1) is 12.0. The van der Waals surface area contributed by atoms with E-state index in [0.717, 1.165) is 0 Å². The van der Waals surface area contributed by atoms with Gasteiger partial charge in [-0.3, -0.25) is 9.59 Å². The first-order valence-electron chi connectivity index (χ1n) is 8.40. The van der Waals surface area contributed by atoms with Gasteiger partial charge in [-0.1, -0.05) is 0 Å². The Morgan fingerprint density at radius 1 is 1.20 bits per heavy atom. The lowest BCUT2D eigenvalue weighted by atomic mass is 9.95. The zero-order valence-corrected chi connectivity index (χ0v) is 14.9. The number of halogens is 1. The molecule has 1 aliphatic rings. The van der Waals surface area contributed by atoms with Crippen LogP contribution in [0, 0.1) is 18.7 Å². The molecule has 0 saturated carbocycles. The normalized spacial score (nSPS) is 15.2. The molecular weight excluding hydrogens is 339 g/mol. The van der Waals surface area contributed by atoms with Gasteiger partial charge in [0.15, 0.2) is 0 Å². The Morgan fingerprint density at radius 2 is 1.88 bits per heavy atom. The Labute approximate surface area is 150 Å². The van der Waals surface area contributed by atoms with Crippen LogP contribution in [-0.4, -0.2) is 29.8 Å². The molecule has 0 radical (unpaired) electrons. The molecule has 0 aliphatic carbocycles. The van der Waals surface area contributed by atoms with Crippen LogP contribution in [0.3, 0.4) is 0 Å². The van der Waals surface area contributed by atoms with E-state index in [2.05, 4.69) is 5.32 Å². The van der Waals surface area contributed by atoms with Gasteiger partial charge in [0.1, 0.15) is 5.82 Å². The molecule has 1 aromatic carbocycles. The smallest absolute Gasteiger partial charge is 0.253 e. The van der Waals surface area contributed by atoms with Crippen LogP contribution in [0.2, 0.25) is 0 Å². The van der Waals surface area contributed by atoms with Gasteiger partial charge in [-0.25, -0.2) is 4.39 Å². The van der Waals surface area contributed by atoms with Crippen LogP contribution in [0.4, 0.5) is 4.39 Å². The van der Waals surface area contributed by atoms with E-state index in [1.54, 1.807) is 16.2 Å². The molecule has 0 spiro atoms. The Morgan fingerprint density at radius 3 is 2.48 bits per heavy atom. The molecule has 0 atom stereocenters. The van der Waals surface area contributed by atoms with Crippen LogP contribution in [0.25, 0.3) is 0 Å². The highest BCUT2D eigenvalue weighted by Crippen LogP contribution is 2.20. The number of aryl methyl sites for hydroxylation is 1. The highest BCUT2D eigenvalue weighted by Gasteiger charge is 2.27. The van der Waals surface area contributed by atoms with Crippen LogP contribution < -0.4 is 5.32 Å². The monoisotopic (exact) mass is 360 g/mol. The second-order valence-corrected chi connectivity index (χ2v) is 7.32. The minimum Gasteiger partial charge on any atom is -0.351 e. The predicted octanol–water partition coefficient (Wildman–Crippen LogP) is 3.36. The molecule has 1 fully saturated rings. The minimum atomic E-state index is -0.354. The number of nitrogens with zero attached hydrogens (tertiary/aromatic N) is 1. The lowest BCUT2D eigenvalue weighted by Crippen LogP contribution is -2.42. The first kappa shape index (κ1) is 17.6. The van der Waals surface area contributed by atoms with Crippen molar-refractivity contribution < 1.29 is 14.0 Å². The van der Waals surface area contributed by atoms with Crippen molar-refractivity contribution in [3.63, 3.8) is 0 Å². The molecule has 6 heteroatoms. The van der Waals surface area contributed by atoms with Crippen LogP contribution in [0.1, 0.15) is 33.6 Å². The van der Waals surface area contributed by atoms with E-state index in [1.165, 1.54) is 34.7 Å². The quantitative estimate of drug-likeness (QED) is 0.909. The second kappa shape index (κ2) is 7.78. The molecule has 0 bridgehead atoms. The van der Waals surface area contributed by atoms with Gasteiger partial charge < -0.3 is 10.2 Å². The zero-order valence-electron chi connectivity index (χ0n) is 14.1. The Hall–Kier alpha value is -2.21. The van der Waals surface area contributed by atoms with Crippen LogP contribution in [0.5, 0.6) is 0 Å². The summed E-state index contributed by atoms with van der Waals surface area (Å²) in [6.07, 6.45) is 1.31.